The van der Waals surface area contributed by atoms with Gasteiger partial charge in [-0.3, -0.25) is 4.79 Å². The van der Waals surface area contributed by atoms with Gasteiger partial charge in [-0.2, -0.15) is 0 Å². The third-order valence-electron chi connectivity index (χ3n) is 3.40. The Morgan fingerprint density at radius 1 is 1.42 bits per heavy atom. The minimum atomic E-state index is 0.0978. The summed E-state index contributed by atoms with van der Waals surface area (Å²) in [6.07, 6.45) is 0. The summed E-state index contributed by atoms with van der Waals surface area (Å²) in [7, 11) is 1.63. The van der Waals surface area contributed by atoms with Gasteiger partial charge in [0.2, 0.25) is 5.91 Å². The number of methoxy groups -OCH3 is 1. The highest BCUT2D eigenvalue weighted by Crippen LogP contribution is 2.22. The molecular weight excluding hydrogens is 244 g/mol. The maximum atomic E-state index is 12.1. The van der Waals surface area contributed by atoms with Gasteiger partial charge in [0.15, 0.2) is 0 Å². The van der Waals surface area contributed by atoms with Crippen LogP contribution in [0.2, 0.25) is 0 Å². The summed E-state index contributed by atoms with van der Waals surface area (Å²) in [6, 6.07) is 5.59. The Kier molecular flexibility index (Phi) is 2.87. The van der Waals surface area contributed by atoms with Crippen LogP contribution >= 0.6 is 0 Å². The molecule has 1 aliphatic heterocycles. The Morgan fingerprint density at radius 2 is 2.26 bits per heavy atom. The number of imidazole rings is 1. The van der Waals surface area contributed by atoms with E-state index in [4.69, 9.17) is 10.5 Å². The van der Waals surface area contributed by atoms with Gasteiger partial charge in [0.25, 0.3) is 0 Å². The number of amides is 1. The first-order valence-corrected chi connectivity index (χ1v) is 6.20. The molecule has 6 heteroatoms. The highest BCUT2D eigenvalue weighted by molar-refractivity contribution is 5.84. The van der Waals surface area contributed by atoms with Gasteiger partial charge in [-0.25, -0.2) is 4.98 Å². The monoisotopic (exact) mass is 260 g/mol. The average Bonchev–Trinajstić information content (AvgIpc) is 2.72. The predicted molar refractivity (Wildman–Crippen MR) is 71.4 cm³/mol. The summed E-state index contributed by atoms with van der Waals surface area (Å²) >= 11 is 0. The molecule has 0 atom stereocenters. The molecule has 19 heavy (non-hydrogen) atoms. The van der Waals surface area contributed by atoms with Gasteiger partial charge >= 0.3 is 0 Å². The van der Waals surface area contributed by atoms with Crippen LogP contribution in [0.3, 0.4) is 0 Å². The summed E-state index contributed by atoms with van der Waals surface area (Å²) in [6.45, 7) is 2.00. The number of fused-ring (bicyclic) bond motifs is 3. The van der Waals surface area contributed by atoms with E-state index < -0.39 is 0 Å². The molecule has 0 fully saturated rings. The number of ether oxygens (including phenoxy) is 1. The molecular formula is C13H16N4O2. The fourth-order valence-corrected chi connectivity index (χ4v) is 2.39. The van der Waals surface area contributed by atoms with Crippen LogP contribution in [0.15, 0.2) is 18.2 Å². The molecule has 0 saturated carbocycles. The number of nitrogen functional groups attached to an aromatic ring is 1. The minimum Gasteiger partial charge on any atom is -0.399 e. The Hall–Kier alpha value is -2.08. The summed E-state index contributed by atoms with van der Waals surface area (Å²) in [5.74, 6) is 0.997. The first-order chi connectivity index (χ1) is 9.19. The number of aromatic nitrogens is 2. The van der Waals surface area contributed by atoms with Gasteiger partial charge in [-0.1, -0.05) is 0 Å². The molecule has 100 valence electrons. The topological polar surface area (TPSA) is 73.4 Å². The standard InChI is InChI=1S/C13H16N4O2/c1-19-5-4-16-7-12-15-10-6-9(14)2-3-11(10)17(12)8-13(16)18/h2-3,6H,4-5,7-8,14H2,1H3. The summed E-state index contributed by atoms with van der Waals surface area (Å²) in [5.41, 5.74) is 8.25. The molecule has 0 spiro atoms. The Balaban J connectivity index is 1.97. The molecule has 0 bridgehead atoms. The van der Waals surface area contributed by atoms with Gasteiger partial charge in [0.1, 0.15) is 12.4 Å². The van der Waals surface area contributed by atoms with E-state index in [2.05, 4.69) is 4.98 Å². The van der Waals surface area contributed by atoms with Crippen molar-refractivity contribution in [2.75, 3.05) is 26.0 Å². The number of carbonyl (C=O) groups is 1. The highest BCUT2D eigenvalue weighted by atomic mass is 16.5. The van der Waals surface area contributed by atoms with E-state index in [1.54, 1.807) is 12.0 Å². The third kappa shape index (κ3) is 2.04. The maximum Gasteiger partial charge on any atom is 0.243 e. The summed E-state index contributed by atoms with van der Waals surface area (Å²) < 4.78 is 6.98. The second-order valence-electron chi connectivity index (χ2n) is 4.67. The van der Waals surface area contributed by atoms with Crippen LogP contribution in [0.25, 0.3) is 11.0 Å². The molecule has 1 aromatic carbocycles. The number of hydrogen-bond donors (Lipinski definition) is 1. The zero-order valence-corrected chi connectivity index (χ0v) is 10.8. The average molecular weight is 260 g/mol. The molecule has 1 amide bonds. The van der Waals surface area contributed by atoms with E-state index in [0.717, 1.165) is 16.9 Å². The maximum absolute atomic E-state index is 12.1. The Labute approximate surface area is 110 Å². The lowest BCUT2D eigenvalue weighted by atomic mass is 10.2. The van der Waals surface area contributed by atoms with Crippen molar-refractivity contribution < 1.29 is 9.53 Å². The van der Waals surface area contributed by atoms with E-state index in [9.17, 15) is 4.79 Å². The lowest BCUT2D eigenvalue weighted by Gasteiger charge is -2.27. The van der Waals surface area contributed by atoms with Crippen LogP contribution in [0.4, 0.5) is 5.69 Å². The van der Waals surface area contributed by atoms with Gasteiger partial charge in [-0.05, 0) is 18.2 Å². The summed E-state index contributed by atoms with van der Waals surface area (Å²) in [5, 5.41) is 0. The molecule has 2 aromatic rings. The van der Waals surface area contributed by atoms with Crippen molar-refractivity contribution in [2.24, 2.45) is 0 Å². The number of carbonyl (C=O) groups excluding carboxylic acids is 1. The van der Waals surface area contributed by atoms with E-state index in [1.165, 1.54) is 0 Å². The summed E-state index contributed by atoms with van der Waals surface area (Å²) in [4.78, 5) is 18.4. The number of anilines is 1. The van der Waals surface area contributed by atoms with Crippen LogP contribution in [-0.4, -0.2) is 40.6 Å². The highest BCUT2D eigenvalue weighted by Gasteiger charge is 2.25. The number of hydrogen-bond acceptors (Lipinski definition) is 4. The lowest BCUT2D eigenvalue weighted by Crippen LogP contribution is -2.40. The molecule has 0 radical (unpaired) electrons. The molecule has 0 unspecified atom stereocenters. The minimum absolute atomic E-state index is 0.0978. The number of benzene rings is 1. The third-order valence-corrected chi connectivity index (χ3v) is 3.40. The van der Waals surface area contributed by atoms with E-state index >= 15 is 0 Å². The molecule has 1 aliphatic rings. The zero-order valence-electron chi connectivity index (χ0n) is 10.8. The fourth-order valence-electron chi connectivity index (χ4n) is 2.39. The molecule has 2 N–H and O–H groups in total. The van der Waals surface area contributed by atoms with Crippen molar-refractivity contribution in [3.63, 3.8) is 0 Å². The molecule has 1 aromatic heterocycles. The first kappa shape index (κ1) is 12.0. The van der Waals surface area contributed by atoms with Crippen LogP contribution < -0.4 is 5.73 Å². The number of nitrogens with zero attached hydrogens (tertiary/aromatic N) is 3. The van der Waals surface area contributed by atoms with Crippen LogP contribution in [-0.2, 0) is 22.6 Å². The largest absolute Gasteiger partial charge is 0.399 e. The van der Waals surface area contributed by atoms with Crippen molar-refractivity contribution in [3.05, 3.63) is 24.0 Å². The number of rotatable bonds is 3. The van der Waals surface area contributed by atoms with Gasteiger partial charge in [-0.15, -0.1) is 0 Å². The molecule has 6 nitrogen and oxygen atoms in total. The normalized spacial score (nSPS) is 15.0. The van der Waals surface area contributed by atoms with Crippen LogP contribution in [0.5, 0.6) is 0 Å². The lowest BCUT2D eigenvalue weighted by molar-refractivity contribution is -0.134. The second-order valence-corrected chi connectivity index (χ2v) is 4.67. The Bertz CT molecular complexity index is 635. The fraction of sp³-hybridized carbons (Fsp3) is 0.385. The van der Waals surface area contributed by atoms with Crippen molar-refractivity contribution >= 4 is 22.6 Å². The molecule has 0 saturated heterocycles. The first-order valence-electron chi connectivity index (χ1n) is 6.20. The van der Waals surface area contributed by atoms with Crippen molar-refractivity contribution in [2.45, 2.75) is 13.1 Å². The quantitative estimate of drug-likeness (QED) is 0.820. The zero-order chi connectivity index (χ0) is 13.4. The molecule has 2 heterocycles. The van der Waals surface area contributed by atoms with E-state index in [-0.39, 0.29) is 5.91 Å². The Morgan fingerprint density at radius 3 is 3.05 bits per heavy atom. The second kappa shape index (κ2) is 4.55. The van der Waals surface area contributed by atoms with Gasteiger partial charge < -0.3 is 19.9 Å². The molecule has 0 aliphatic carbocycles. The SMILES string of the molecule is COCCN1Cc2nc3cc(N)ccc3n2CC1=O. The smallest absolute Gasteiger partial charge is 0.243 e. The molecule has 3 rings (SSSR count). The van der Waals surface area contributed by atoms with Crippen LogP contribution in [0, 0.1) is 0 Å². The predicted octanol–water partition coefficient (Wildman–Crippen LogP) is 0.607. The van der Waals surface area contributed by atoms with Gasteiger partial charge in [0, 0.05) is 19.3 Å². The van der Waals surface area contributed by atoms with Crippen molar-refractivity contribution in [3.8, 4) is 0 Å². The van der Waals surface area contributed by atoms with Crippen LogP contribution in [0.1, 0.15) is 5.82 Å². The van der Waals surface area contributed by atoms with Gasteiger partial charge in [0.05, 0.1) is 24.2 Å². The number of nitrogens with two attached hydrogens (primary N) is 1. The van der Waals surface area contributed by atoms with Crippen molar-refractivity contribution in [1.29, 1.82) is 0 Å². The van der Waals surface area contributed by atoms with E-state index in [0.29, 0.717) is 31.9 Å². The van der Waals surface area contributed by atoms with E-state index in [1.807, 2.05) is 22.8 Å². The van der Waals surface area contributed by atoms with Crippen molar-refractivity contribution in [1.82, 2.24) is 14.5 Å².